The van der Waals surface area contributed by atoms with E-state index in [2.05, 4.69) is 20.8 Å². The van der Waals surface area contributed by atoms with Gasteiger partial charge < -0.3 is 10.6 Å². The van der Waals surface area contributed by atoms with Crippen LogP contribution in [0.1, 0.15) is 54.3 Å². The summed E-state index contributed by atoms with van der Waals surface area (Å²) >= 11 is 0. The molecule has 0 spiro atoms. The summed E-state index contributed by atoms with van der Waals surface area (Å²) in [6, 6.07) is 6.79. The maximum atomic E-state index is 12.6. The molecule has 0 saturated carbocycles. The molecule has 4 nitrogen and oxygen atoms in total. The number of hydrogen-bond donors (Lipinski definition) is 1. The lowest BCUT2D eigenvalue weighted by Crippen LogP contribution is -2.46. The lowest BCUT2D eigenvalue weighted by atomic mass is 10.0. The van der Waals surface area contributed by atoms with E-state index in [0.29, 0.717) is 11.1 Å². The number of likely N-dealkylation sites (tertiary alicyclic amines) is 1. The average molecular weight is 260 g/mol. The molecule has 19 heavy (non-hydrogen) atoms. The van der Waals surface area contributed by atoms with Gasteiger partial charge in [-0.2, -0.15) is 0 Å². The van der Waals surface area contributed by atoms with Gasteiger partial charge >= 0.3 is 0 Å². The number of hydrogen-bond acceptors (Lipinski definition) is 2. The number of rotatable bonds is 2. The second-order valence-electron chi connectivity index (χ2n) is 5.82. The molecule has 1 heterocycles. The van der Waals surface area contributed by atoms with Crippen LogP contribution in [0.3, 0.4) is 0 Å². The van der Waals surface area contributed by atoms with Gasteiger partial charge in [0.15, 0.2) is 0 Å². The number of carbonyl (C=O) groups is 2. The first-order valence-electron chi connectivity index (χ1n) is 6.56. The van der Waals surface area contributed by atoms with Gasteiger partial charge in [0.1, 0.15) is 0 Å². The fraction of sp³-hybridized carbons (Fsp3) is 0.467. The Morgan fingerprint density at radius 1 is 1.21 bits per heavy atom. The molecule has 4 heteroatoms. The minimum atomic E-state index is -0.478. The van der Waals surface area contributed by atoms with Gasteiger partial charge in [-0.05, 0) is 57.9 Å². The molecular weight excluding hydrogens is 240 g/mol. The zero-order valence-corrected chi connectivity index (χ0v) is 11.6. The second kappa shape index (κ2) is 4.68. The van der Waals surface area contributed by atoms with E-state index in [1.165, 1.54) is 0 Å². The maximum Gasteiger partial charge on any atom is 0.254 e. The highest BCUT2D eigenvalue weighted by molar-refractivity contribution is 5.97. The molecule has 1 fully saturated rings. The first-order valence-corrected chi connectivity index (χ1v) is 6.56. The summed E-state index contributed by atoms with van der Waals surface area (Å²) in [4.78, 5) is 25.5. The van der Waals surface area contributed by atoms with Crippen LogP contribution < -0.4 is 5.73 Å². The first-order chi connectivity index (χ1) is 8.83. The highest BCUT2D eigenvalue weighted by atomic mass is 16.2. The first kappa shape index (κ1) is 13.6. The fourth-order valence-electron chi connectivity index (χ4n) is 2.80. The Bertz CT molecular complexity index is 505. The number of amides is 2. The molecule has 102 valence electrons. The van der Waals surface area contributed by atoms with Crippen molar-refractivity contribution in [2.45, 2.75) is 45.2 Å². The molecule has 2 N–H and O–H groups in total. The molecule has 1 aliphatic rings. The van der Waals surface area contributed by atoms with Crippen LogP contribution in [0.2, 0.25) is 0 Å². The van der Waals surface area contributed by atoms with Crippen molar-refractivity contribution in [3.8, 4) is 0 Å². The van der Waals surface area contributed by atoms with Gasteiger partial charge in [-0.1, -0.05) is 0 Å². The third-order valence-electron chi connectivity index (χ3n) is 3.90. The van der Waals surface area contributed by atoms with Crippen LogP contribution in [-0.4, -0.2) is 28.3 Å². The molecule has 1 aromatic rings. The van der Waals surface area contributed by atoms with E-state index >= 15 is 0 Å². The lowest BCUT2D eigenvalue weighted by molar-refractivity contribution is 0.0578. The number of nitrogens with zero attached hydrogens (tertiary/aromatic N) is 1. The predicted octanol–water partition coefficient (Wildman–Crippen LogP) is 2.19. The summed E-state index contributed by atoms with van der Waals surface area (Å²) in [5.74, 6) is -0.458. The topological polar surface area (TPSA) is 63.4 Å². The Balaban J connectivity index is 2.26. The number of nitrogens with two attached hydrogens (primary N) is 1. The Hall–Kier alpha value is -1.84. The molecule has 2 rings (SSSR count). The van der Waals surface area contributed by atoms with E-state index in [-0.39, 0.29) is 17.5 Å². The summed E-state index contributed by atoms with van der Waals surface area (Å²) in [5.41, 5.74) is 6.11. The molecule has 2 amide bonds. The van der Waals surface area contributed by atoms with E-state index in [9.17, 15) is 9.59 Å². The van der Waals surface area contributed by atoms with Crippen molar-refractivity contribution in [2.24, 2.45) is 5.73 Å². The molecule has 1 atom stereocenters. The van der Waals surface area contributed by atoms with Crippen LogP contribution >= 0.6 is 0 Å². The van der Waals surface area contributed by atoms with Crippen molar-refractivity contribution in [3.63, 3.8) is 0 Å². The zero-order valence-electron chi connectivity index (χ0n) is 11.6. The molecule has 0 bridgehead atoms. The van der Waals surface area contributed by atoms with Crippen LogP contribution in [0.25, 0.3) is 0 Å². The van der Waals surface area contributed by atoms with Gasteiger partial charge in [-0.25, -0.2) is 0 Å². The van der Waals surface area contributed by atoms with Crippen LogP contribution in [0.4, 0.5) is 0 Å². The maximum absolute atomic E-state index is 12.6. The highest BCUT2D eigenvalue weighted by Gasteiger charge is 2.40. The average Bonchev–Trinajstić information content (AvgIpc) is 2.63. The molecular formula is C15H20N2O2. The number of primary amides is 1. The summed E-state index contributed by atoms with van der Waals surface area (Å²) in [6.07, 6.45) is 2.04. The molecule has 1 aromatic carbocycles. The van der Waals surface area contributed by atoms with Gasteiger partial charge in [0, 0.05) is 22.7 Å². The Labute approximate surface area is 113 Å². The van der Waals surface area contributed by atoms with Gasteiger partial charge in [-0.15, -0.1) is 0 Å². The minimum Gasteiger partial charge on any atom is -0.366 e. The van der Waals surface area contributed by atoms with Crippen molar-refractivity contribution in [3.05, 3.63) is 35.4 Å². The van der Waals surface area contributed by atoms with Gasteiger partial charge in [0.25, 0.3) is 5.91 Å². The quantitative estimate of drug-likeness (QED) is 0.886. The summed E-state index contributed by atoms with van der Waals surface area (Å²) in [7, 11) is 0. The van der Waals surface area contributed by atoms with Crippen molar-refractivity contribution < 1.29 is 9.59 Å². The smallest absolute Gasteiger partial charge is 0.254 e. The van der Waals surface area contributed by atoms with E-state index < -0.39 is 5.91 Å². The summed E-state index contributed by atoms with van der Waals surface area (Å²) in [6.45, 7) is 6.25. The van der Waals surface area contributed by atoms with Crippen molar-refractivity contribution in [1.29, 1.82) is 0 Å². The van der Waals surface area contributed by atoms with Gasteiger partial charge in [0.05, 0.1) is 0 Å². The third-order valence-corrected chi connectivity index (χ3v) is 3.90. The van der Waals surface area contributed by atoms with Crippen molar-refractivity contribution in [2.75, 3.05) is 0 Å². The Morgan fingerprint density at radius 3 is 2.16 bits per heavy atom. The lowest BCUT2D eigenvalue weighted by Gasteiger charge is -2.34. The normalized spacial score (nSPS) is 21.4. The fourth-order valence-corrected chi connectivity index (χ4v) is 2.80. The largest absolute Gasteiger partial charge is 0.366 e. The van der Waals surface area contributed by atoms with E-state index in [1.54, 1.807) is 24.3 Å². The Morgan fingerprint density at radius 2 is 1.74 bits per heavy atom. The summed E-state index contributed by atoms with van der Waals surface area (Å²) < 4.78 is 0. The van der Waals surface area contributed by atoms with Crippen LogP contribution in [0.5, 0.6) is 0 Å². The molecule has 0 unspecified atom stereocenters. The summed E-state index contributed by atoms with van der Waals surface area (Å²) in [5, 5.41) is 0. The highest BCUT2D eigenvalue weighted by Crippen LogP contribution is 2.34. The van der Waals surface area contributed by atoms with Gasteiger partial charge in [-0.3, -0.25) is 9.59 Å². The Kier molecular flexibility index (Phi) is 3.35. The van der Waals surface area contributed by atoms with E-state index in [4.69, 9.17) is 5.73 Å². The molecule has 1 aliphatic heterocycles. The van der Waals surface area contributed by atoms with E-state index in [0.717, 1.165) is 12.8 Å². The number of carbonyl (C=O) groups excluding carboxylic acids is 2. The monoisotopic (exact) mass is 260 g/mol. The molecule has 1 saturated heterocycles. The van der Waals surface area contributed by atoms with Crippen LogP contribution in [-0.2, 0) is 0 Å². The van der Waals surface area contributed by atoms with E-state index in [1.807, 2.05) is 4.90 Å². The van der Waals surface area contributed by atoms with Crippen molar-refractivity contribution >= 4 is 11.8 Å². The zero-order chi connectivity index (χ0) is 14.2. The number of benzene rings is 1. The molecule has 0 aliphatic carbocycles. The SMILES string of the molecule is C[C@H]1CCC(C)(C)N1C(=O)c1ccc(C(N)=O)cc1. The third kappa shape index (κ3) is 2.48. The molecule has 0 radical (unpaired) electrons. The predicted molar refractivity (Wildman–Crippen MR) is 73.9 cm³/mol. The standard InChI is InChI=1S/C15H20N2O2/c1-10-8-9-15(2,3)17(10)14(19)12-6-4-11(5-7-12)13(16)18/h4-7,10H,8-9H2,1-3H3,(H2,16,18)/t10-/m0/s1. The second-order valence-corrected chi connectivity index (χ2v) is 5.82. The van der Waals surface area contributed by atoms with Crippen molar-refractivity contribution in [1.82, 2.24) is 4.90 Å². The van der Waals surface area contributed by atoms with Gasteiger partial charge in [0.2, 0.25) is 5.91 Å². The van der Waals surface area contributed by atoms with Crippen LogP contribution in [0.15, 0.2) is 24.3 Å². The minimum absolute atomic E-state index is 0.0195. The molecule has 0 aromatic heterocycles. The van der Waals surface area contributed by atoms with Crippen LogP contribution in [0, 0.1) is 0 Å².